The molecule has 0 aliphatic carbocycles. The molecule has 0 fully saturated rings. The van der Waals surface area contributed by atoms with Crippen LogP contribution in [0.25, 0.3) is 0 Å². The van der Waals surface area contributed by atoms with Gasteiger partial charge >= 0.3 is 0 Å². The fourth-order valence-electron chi connectivity index (χ4n) is 1.33. The van der Waals surface area contributed by atoms with Gasteiger partial charge in [0.1, 0.15) is 5.16 Å². The molecule has 1 aromatic carbocycles. The predicted octanol–water partition coefficient (Wildman–Crippen LogP) is 1.82. The highest BCUT2D eigenvalue weighted by atomic mass is 35.5. The second kappa shape index (κ2) is 5.33. The molecule has 0 saturated carbocycles. The molecule has 2 rings (SSSR count). The van der Waals surface area contributed by atoms with Crippen molar-refractivity contribution in [3.63, 3.8) is 0 Å². The second-order valence-corrected chi connectivity index (χ2v) is 5.85. The summed E-state index contributed by atoms with van der Waals surface area (Å²) < 4.78 is 23.1. The molecule has 1 aromatic rings. The van der Waals surface area contributed by atoms with Gasteiger partial charge in [0.05, 0.1) is 16.8 Å². The topological polar surface area (TPSA) is 73.8 Å². The number of hydrazine groups is 2. The van der Waals surface area contributed by atoms with E-state index >= 15 is 0 Å². The summed E-state index contributed by atoms with van der Waals surface area (Å²) in [5, 5.41) is 6.58. The van der Waals surface area contributed by atoms with Crippen LogP contribution in [-0.4, -0.2) is 19.9 Å². The van der Waals surface area contributed by atoms with E-state index in [1.54, 1.807) is 18.2 Å². The summed E-state index contributed by atoms with van der Waals surface area (Å²) >= 11 is 5.77. The minimum absolute atomic E-state index is 0.182. The maximum Gasteiger partial charge on any atom is 0.199 e. The van der Waals surface area contributed by atoms with Crippen molar-refractivity contribution in [2.24, 2.45) is 5.10 Å². The average molecular weight is 299 g/mol. The first-order chi connectivity index (χ1) is 9.01. The largest absolute Gasteiger partial charge is 0.263 e. The van der Waals surface area contributed by atoms with Crippen molar-refractivity contribution in [2.75, 3.05) is 5.43 Å². The number of nitrogens with one attached hydrogen (secondary N) is 2. The van der Waals surface area contributed by atoms with Gasteiger partial charge in [0, 0.05) is 5.41 Å². The van der Waals surface area contributed by atoms with Crippen molar-refractivity contribution < 1.29 is 8.42 Å². The molecule has 2 N–H and O–H groups in total. The first-order valence-electron chi connectivity index (χ1n) is 5.22. The Morgan fingerprint density at radius 2 is 2.05 bits per heavy atom. The zero-order valence-corrected chi connectivity index (χ0v) is 11.3. The molecule has 1 aliphatic rings. The molecular formula is C11H11ClN4O2S. The van der Waals surface area contributed by atoms with Crippen molar-refractivity contribution >= 4 is 33.3 Å². The van der Waals surface area contributed by atoms with E-state index in [1.807, 2.05) is 0 Å². The van der Waals surface area contributed by atoms with Crippen molar-refractivity contribution in [3.05, 3.63) is 47.5 Å². The van der Waals surface area contributed by atoms with E-state index in [9.17, 15) is 8.42 Å². The SMILES string of the molecule is C=CS(=O)(=O)c1ccc(NN2N=CC=C(Cl)N2)cc1. The van der Waals surface area contributed by atoms with Crippen LogP contribution in [0, 0.1) is 0 Å². The normalized spacial score (nSPS) is 14.6. The van der Waals surface area contributed by atoms with Gasteiger partial charge in [-0.3, -0.25) is 10.9 Å². The Labute approximate surface area is 115 Å². The van der Waals surface area contributed by atoms with Gasteiger partial charge in [-0.1, -0.05) is 18.2 Å². The number of nitrogens with zero attached hydrogens (tertiary/aromatic N) is 2. The highest BCUT2D eigenvalue weighted by Crippen LogP contribution is 2.16. The third-order valence-electron chi connectivity index (χ3n) is 2.25. The Morgan fingerprint density at radius 1 is 1.37 bits per heavy atom. The standard InChI is InChI=1S/C11H11ClN4O2S/c1-2-19(17,18)10-5-3-9(4-6-10)14-16-13-8-7-11(12)15-16/h2-8,14-15H,1H2. The monoisotopic (exact) mass is 298 g/mol. The number of benzene rings is 1. The van der Waals surface area contributed by atoms with E-state index in [2.05, 4.69) is 22.5 Å². The van der Waals surface area contributed by atoms with Crippen LogP contribution in [0.1, 0.15) is 0 Å². The van der Waals surface area contributed by atoms with Crippen molar-refractivity contribution in [1.82, 2.24) is 10.7 Å². The van der Waals surface area contributed by atoms with Crippen LogP contribution in [0.15, 0.2) is 57.5 Å². The van der Waals surface area contributed by atoms with E-state index < -0.39 is 9.84 Å². The molecule has 0 radical (unpaired) electrons. The summed E-state index contributed by atoms with van der Waals surface area (Å²) in [6, 6.07) is 6.18. The van der Waals surface area contributed by atoms with Gasteiger partial charge in [-0.25, -0.2) is 8.42 Å². The van der Waals surface area contributed by atoms with Gasteiger partial charge in [0.15, 0.2) is 9.84 Å². The molecule has 1 aliphatic heterocycles. The third-order valence-corrected chi connectivity index (χ3v) is 3.83. The van der Waals surface area contributed by atoms with E-state index in [0.717, 1.165) is 5.41 Å². The predicted molar refractivity (Wildman–Crippen MR) is 74.9 cm³/mol. The molecule has 0 unspecified atom stereocenters. The third kappa shape index (κ3) is 3.27. The summed E-state index contributed by atoms with van der Waals surface area (Å²) in [6.45, 7) is 3.27. The highest BCUT2D eigenvalue weighted by molar-refractivity contribution is 7.94. The number of hydrogen-bond acceptors (Lipinski definition) is 6. The summed E-state index contributed by atoms with van der Waals surface area (Å²) in [6.07, 6.45) is 3.11. The molecule has 0 bridgehead atoms. The van der Waals surface area contributed by atoms with Gasteiger partial charge in [-0.05, 0) is 30.3 Å². The van der Waals surface area contributed by atoms with Crippen LogP contribution >= 0.6 is 11.6 Å². The van der Waals surface area contributed by atoms with Gasteiger partial charge in [-0.15, -0.1) is 10.3 Å². The molecule has 0 saturated heterocycles. The van der Waals surface area contributed by atoms with Gasteiger partial charge in [0.25, 0.3) is 0 Å². The maximum atomic E-state index is 11.5. The van der Waals surface area contributed by atoms with E-state index in [-0.39, 0.29) is 4.90 Å². The van der Waals surface area contributed by atoms with Crippen LogP contribution in [0.2, 0.25) is 0 Å². The number of anilines is 1. The number of halogens is 1. The number of sulfone groups is 1. The Kier molecular flexibility index (Phi) is 3.77. The molecule has 8 heteroatoms. The zero-order chi connectivity index (χ0) is 13.9. The lowest BCUT2D eigenvalue weighted by molar-refractivity contribution is 0.281. The Balaban J connectivity index is 2.10. The molecule has 0 aromatic heterocycles. The van der Waals surface area contributed by atoms with Crippen LogP contribution in [0.3, 0.4) is 0 Å². The number of hydrogen-bond donors (Lipinski definition) is 2. The maximum absolute atomic E-state index is 11.5. The molecule has 0 amide bonds. The van der Waals surface area contributed by atoms with Gasteiger partial charge in [-0.2, -0.15) is 0 Å². The molecule has 1 heterocycles. The Bertz CT molecular complexity index is 637. The van der Waals surface area contributed by atoms with Crippen LogP contribution in [-0.2, 0) is 9.84 Å². The summed E-state index contributed by atoms with van der Waals surface area (Å²) in [5.41, 5.74) is 6.28. The fourth-order valence-corrected chi connectivity index (χ4v) is 2.17. The van der Waals surface area contributed by atoms with Gasteiger partial charge < -0.3 is 0 Å². The van der Waals surface area contributed by atoms with E-state index in [1.165, 1.54) is 23.6 Å². The minimum Gasteiger partial charge on any atom is -0.263 e. The minimum atomic E-state index is -3.41. The summed E-state index contributed by atoms with van der Waals surface area (Å²) in [7, 11) is -3.41. The summed E-state index contributed by atoms with van der Waals surface area (Å²) in [4.78, 5) is 0.182. The number of hydrazone groups is 1. The van der Waals surface area contributed by atoms with Crippen molar-refractivity contribution in [3.8, 4) is 0 Å². The Morgan fingerprint density at radius 3 is 2.63 bits per heavy atom. The van der Waals surface area contributed by atoms with E-state index in [4.69, 9.17) is 11.6 Å². The van der Waals surface area contributed by atoms with E-state index in [0.29, 0.717) is 10.8 Å². The molecular weight excluding hydrogens is 288 g/mol. The fraction of sp³-hybridized carbons (Fsp3) is 0. The van der Waals surface area contributed by atoms with Crippen LogP contribution in [0.4, 0.5) is 5.69 Å². The highest BCUT2D eigenvalue weighted by Gasteiger charge is 2.10. The van der Waals surface area contributed by atoms with Crippen LogP contribution in [0.5, 0.6) is 0 Å². The number of allylic oxidation sites excluding steroid dienone is 1. The lowest BCUT2D eigenvalue weighted by atomic mass is 10.3. The molecule has 0 spiro atoms. The molecule has 100 valence electrons. The lowest BCUT2D eigenvalue weighted by Crippen LogP contribution is -2.38. The lowest BCUT2D eigenvalue weighted by Gasteiger charge is -2.23. The first-order valence-corrected chi connectivity index (χ1v) is 7.14. The van der Waals surface area contributed by atoms with Crippen molar-refractivity contribution in [2.45, 2.75) is 4.90 Å². The Hall–Kier alpha value is -1.99. The summed E-state index contributed by atoms with van der Waals surface area (Å²) in [5.74, 6) is 0. The van der Waals surface area contributed by atoms with Crippen LogP contribution < -0.4 is 10.9 Å². The molecule has 19 heavy (non-hydrogen) atoms. The second-order valence-electron chi connectivity index (χ2n) is 3.55. The van der Waals surface area contributed by atoms with Gasteiger partial charge in [0.2, 0.25) is 0 Å². The quantitative estimate of drug-likeness (QED) is 0.830. The number of rotatable bonds is 4. The average Bonchev–Trinajstić information content (AvgIpc) is 2.39. The smallest absolute Gasteiger partial charge is 0.199 e. The van der Waals surface area contributed by atoms with Crippen molar-refractivity contribution in [1.29, 1.82) is 0 Å². The first kappa shape index (κ1) is 13.4. The molecule has 0 atom stereocenters. The molecule has 6 nitrogen and oxygen atoms in total. The zero-order valence-electron chi connectivity index (χ0n) is 9.75.